The zero-order chi connectivity index (χ0) is 12.3. The van der Waals surface area contributed by atoms with Crippen LogP contribution in [0.5, 0.6) is 5.75 Å². The molecular weight excluding hydrogens is 214 g/mol. The first-order valence-electron chi connectivity index (χ1n) is 6.17. The molecule has 0 spiro atoms. The molecule has 1 aliphatic rings. The fourth-order valence-corrected chi connectivity index (χ4v) is 2.31. The average Bonchev–Trinajstić information content (AvgIpc) is 2.67. The molecule has 1 atom stereocenters. The van der Waals surface area contributed by atoms with E-state index in [9.17, 15) is 5.11 Å². The summed E-state index contributed by atoms with van der Waals surface area (Å²) in [7, 11) is 1.68. The van der Waals surface area contributed by atoms with Gasteiger partial charge in [0.25, 0.3) is 0 Å². The van der Waals surface area contributed by atoms with Crippen LogP contribution < -0.4 is 4.74 Å². The molecule has 3 heteroatoms. The quantitative estimate of drug-likeness (QED) is 0.862. The standard InChI is InChI=1S/C14H21NO2/c1-14(16)8-10-15(11-14)9-7-12-3-5-13(17-2)6-4-12/h3-6,16H,7-11H2,1-2H3. The third-order valence-electron chi connectivity index (χ3n) is 3.41. The molecule has 17 heavy (non-hydrogen) atoms. The van der Waals surface area contributed by atoms with E-state index in [0.29, 0.717) is 0 Å². The number of hydrogen-bond acceptors (Lipinski definition) is 3. The summed E-state index contributed by atoms with van der Waals surface area (Å²) in [5, 5.41) is 9.87. The molecule has 1 unspecified atom stereocenters. The Balaban J connectivity index is 1.82. The van der Waals surface area contributed by atoms with Crippen LogP contribution in [0.4, 0.5) is 0 Å². The molecule has 3 nitrogen and oxygen atoms in total. The summed E-state index contributed by atoms with van der Waals surface area (Å²) in [5.41, 5.74) is 0.831. The summed E-state index contributed by atoms with van der Waals surface area (Å²) in [5.74, 6) is 0.901. The van der Waals surface area contributed by atoms with Crippen LogP contribution in [0.25, 0.3) is 0 Å². The Bertz CT molecular complexity index is 359. The molecule has 1 heterocycles. The average molecular weight is 235 g/mol. The summed E-state index contributed by atoms with van der Waals surface area (Å²) in [6.45, 7) is 4.73. The number of rotatable bonds is 4. The van der Waals surface area contributed by atoms with Crippen molar-refractivity contribution in [2.45, 2.75) is 25.4 Å². The predicted octanol–water partition coefficient (Wildman–Crippen LogP) is 1.69. The topological polar surface area (TPSA) is 32.7 Å². The number of likely N-dealkylation sites (tertiary alicyclic amines) is 1. The molecule has 0 aliphatic carbocycles. The molecule has 1 aromatic rings. The maximum Gasteiger partial charge on any atom is 0.118 e. The first kappa shape index (κ1) is 12.4. The molecular formula is C14H21NO2. The number of hydrogen-bond donors (Lipinski definition) is 1. The smallest absolute Gasteiger partial charge is 0.118 e. The number of aliphatic hydroxyl groups is 1. The van der Waals surface area contributed by atoms with Crippen molar-refractivity contribution in [2.75, 3.05) is 26.7 Å². The van der Waals surface area contributed by atoms with E-state index in [4.69, 9.17) is 4.74 Å². The van der Waals surface area contributed by atoms with Crippen LogP contribution in [0.3, 0.4) is 0 Å². The van der Waals surface area contributed by atoms with Crippen molar-refractivity contribution in [3.63, 3.8) is 0 Å². The van der Waals surface area contributed by atoms with Gasteiger partial charge in [-0.3, -0.25) is 0 Å². The predicted molar refractivity (Wildman–Crippen MR) is 68.4 cm³/mol. The van der Waals surface area contributed by atoms with Gasteiger partial charge >= 0.3 is 0 Å². The first-order valence-corrected chi connectivity index (χ1v) is 6.17. The van der Waals surface area contributed by atoms with Gasteiger partial charge in [0.1, 0.15) is 5.75 Å². The summed E-state index contributed by atoms with van der Waals surface area (Å²) in [6, 6.07) is 8.20. The van der Waals surface area contributed by atoms with Crippen molar-refractivity contribution in [3.8, 4) is 5.75 Å². The van der Waals surface area contributed by atoms with Gasteiger partial charge in [-0.05, 0) is 37.5 Å². The highest BCUT2D eigenvalue weighted by Crippen LogP contribution is 2.20. The lowest BCUT2D eigenvalue weighted by atomic mass is 10.1. The van der Waals surface area contributed by atoms with Gasteiger partial charge in [-0.1, -0.05) is 12.1 Å². The molecule has 0 amide bonds. The summed E-state index contributed by atoms with van der Waals surface area (Å²) in [6.07, 6.45) is 1.91. The van der Waals surface area contributed by atoms with E-state index >= 15 is 0 Å². The van der Waals surface area contributed by atoms with Gasteiger partial charge in [0.05, 0.1) is 12.7 Å². The van der Waals surface area contributed by atoms with Crippen molar-refractivity contribution >= 4 is 0 Å². The second-order valence-electron chi connectivity index (χ2n) is 5.12. The highest BCUT2D eigenvalue weighted by Gasteiger charge is 2.30. The molecule has 2 rings (SSSR count). The zero-order valence-electron chi connectivity index (χ0n) is 10.6. The third kappa shape index (κ3) is 3.45. The Labute approximate surface area is 103 Å². The van der Waals surface area contributed by atoms with Crippen LogP contribution >= 0.6 is 0 Å². The zero-order valence-corrected chi connectivity index (χ0v) is 10.6. The van der Waals surface area contributed by atoms with E-state index in [1.807, 2.05) is 19.1 Å². The van der Waals surface area contributed by atoms with E-state index < -0.39 is 5.60 Å². The summed E-state index contributed by atoms with van der Waals surface area (Å²) in [4.78, 5) is 2.32. The minimum absolute atomic E-state index is 0.486. The van der Waals surface area contributed by atoms with Gasteiger partial charge < -0.3 is 14.7 Å². The molecule has 0 saturated carbocycles. The Kier molecular flexibility index (Phi) is 3.69. The lowest BCUT2D eigenvalue weighted by molar-refractivity contribution is 0.0689. The molecule has 1 saturated heterocycles. The Morgan fingerprint density at radius 1 is 1.35 bits per heavy atom. The fraction of sp³-hybridized carbons (Fsp3) is 0.571. The van der Waals surface area contributed by atoms with Crippen molar-refractivity contribution in [1.82, 2.24) is 4.90 Å². The monoisotopic (exact) mass is 235 g/mol. The number of benzene rings is 1. The van der Waals surface area contributed by atoms with Crippen molar-refractivity contribution in [3.05, 3.63) is 29.8 Å². The van der Waals surface area contributed by atoms with Gasteiger partial charge in [0.15, 0.2) is 0 Å². The molecule has 1 fully saturated rings. The molecule has 1 aliphatic heterocycles. The lowest BCUT2D eigenvalue weighted by Gasteiger charge is -2.18. The highest BCUT2D eigenvalue weighted by molar-refractivity contribution is 5.27. The molecule has 94 valence electrons. The number of methoxy groups -OCH3 is 1. The second-order valence-corrected chi connectivity index (χ2v) is 5.12. The highest BCUT2D eigenvalue weighted by atomic mass is 16.5. The summed E-state index contributed by atoms with van der Waals surface area (Å²) < 4.78 is 5.13. The first-order chi connectivity index (χ1) is 8.09. The summed E-state index contributed by atoms with van der Waals surface area (Å²) >= 11 is 0. The molecule has 0 bridgehead atoms. The normalized spacial score (nSPS) is 25.1. The maximum absolute atomic E-state index is 9.87. The minimum Gasteiger partial charge on any atom is -0.497 e. The van der Waals surface area contributed by atoms with Gasteiger partial charge in [-0.25, -0.2) is 0 Å². The minimum atomic E-state index is -0.486. The van der Waals surface area contributed by atoms with E-state index in [-0.39, 0.29) is 0 Å². The van der Waals surface area contributed by atoms with Crippen LogP contribution in [-0.2, 0) is 6.42 Å². The van der Waals surface area contributed by atoms with Gasteiger partial charge in [-0.15, -0.1) is 0 Å². The second kappa shape index (κ2) is 5.07. The van der Waals surface area contributed by atoms with E-state index in [0.717, 1.165) is 38.2 Å². The molecule has 1 aromatic carbocycles. The van der Waals surface area contributed by atoms with E-state index in [1.54, 1.807) is 7.11 Å². The largest absolute Gasteiger partial charge is 0.497 e. The van der Waals surface area contributed by atoms with E-state index in [1.165, 1.54) is 5.56 Å². The fourth-order valence-electron chi connectivity index (χ4n) is 2.31. The van der Waals surface area contributed by atoms with E-state index in [2.05, 4.69) is 17.0 Å². The number of ether oxygens (including phenoxy) is 1. The molecule has 1 N–H and O–H groups in total. The number of nitrogens with zero attached hydrogens (tertiary/aromatic N) is 1. The van der Waals surface area contributed by atoms with Crippen LogP contribution in [0.1, 0.15) is 18.9 Å². The molecule has 0 aromatic heterocycles. The van der Waals surface area contributed by atoms with Gasteiger partial charge in [0, 0.05) is 19.6 Å². The SMILES string of the molecule is COc1ccc(CCN2CCC(C)(O)C2)cc1. The van der Waals surface area contributed by atoms with Crippen LogP contribution in [0, 0.1) is 0 Å². The Morgan fingerprint density at radius 2 is 2.06 bits per heavy atom. The molecule has 0 radical (unpaired) electrons. The Morgan fingerprint density at radius 3 is 2.59 bits per heavy atom. The maximum atomic E-state index is 9.87. The third-order valence-corrected chi connectivity index (χ3v) is 3.41. The van der Waals surface area contributed by atoms with Crippen molar-refractivity contribution in [2.24, 2.45) is 0 Å². The van der Waals surface area contributed by atoms with Crippen LogP contribution in [0.15, 0.2) is 24.3 Å². The van der Waals surface area contributed by atoms with Crippen LogP contribution in [-0.4, -0.2) is 42.4 Å². The number of β-amino-alcohol motifs (C(OH)–C–C–N with tert-alkyl or cyclic N) is 1. The van der Waals surface area contributed by atoms with Gasteiger partial charge in [-0.2, -0.15) is 0 Å². The Hall–Kier alpha value is -1.06. The van der Waals surface area contributed by atoms with Crippen molar-refractivity contribution in [1.29, 1.82) is 0 Å². The van der Waals surface area contributed by atoms with Gasteiger partial charge in [0.2, 0.25) is 0 Å². The van der Waals surface area contributed by atoms with Crippen molar-refractivity contribution < 1.29 is 9.84 Å². The lowest BCUT2D eigenvalue weighted by Crippen LogP contribution is -2.30. The van der Waals surface area contributed by atoms with Crippen LogP contribution in [0.2, 0.25) is 0 Å².